The molecule has 0 spiro atoms. The second kappa shape index (κ2) is 7.05. The summed E-state index contributed by atoms with van der Waals surface area (Å²) in [5, 5.41) is 0.742. The van der Waals surface area contributed by atoms with Crippen LogP contribution in [0.15, 0.2) is 45.3 Å². The van der Waals surface area contributed by atoms with Gasteiger partial charge < -0.3 is 0 Å². The van der Waals surface area contributed by atoms with Gasteiger partial charge in [-0.1, -0.05) is 55.6 Å². The Bertz CT molecular complexity index is 597. The van der Waals surface area contributed by atoms with Gasteiger partial charge in [-0.25, -0.2) is 0 Å². The standard InChI is InChI=1S/C15H15Br2ClN2/c1-9-4-11(6-13(17)5-9)15(20-19)7-10-2-3-12(16)8-14(10)18/h2-6,8,15,20H,7,19H2,1H3. The molecule has 0 aromatic heterocycles. The average Bonchev–Trinajstić information content (AvgIpc) is 2.36. The van der Waals surface area contributed by atoms with Crippen LogP contribution < -0.4 is 11.3 Å². The monoisotopic (exact) mass is 416 g/mol. The molecule has 20 heavy (non-hydrogen) atoms. The zero-order chi connectivity index (χ0) is 14.7. The number of benzene rings is 2. The SMILES string of the molecule is Cc1cc(Br)cc(C(Cc2ccc(Br)cc2Cl)NN)c1. The normalized spacial score (nSPS) is 12.4. The molecule has 2 rings (SSSR count). The van der Waals surface area contributed by atoms with E-state index in [0.29, 0.717) is 0 Å². The Morgan fingerprint density at radius 1 is 1.15 bits per heavy atom. The van der Waals surface area contributed by atoms with E-state index in [2.05, 4.69) is 62.4 Å². The lowest BCUT2D eigenvalue weighted by molar-refractivity contribution is 0.551. The van der Waals surface area contributed by atoms with Gasteiger partial charge in [-0.05, 0) is 54.3 Å². The lowest BCUT2D eigenvalue weighted by Crippen LogP contribution is -2.29. The lowest BCUT2D eigenvalue weighted by atomic mass is 9.98. The number of rotatable bonds is 4. The van der Waals surface area contributed by atoms with E-state index in [0.717, 1.165) is 31.5 Å². The Hall–Kier alpha value is -0.390. The first-order valence-corrected chi connectivity index (χ1v) is 8.13. The highest BCUT2D eigenvalue weighted by molar-refractivity contribution is 9.10. The van der Waals surface area contributed by atoms with E-state index >= 15 is 0 Å². The van der Waals surface area contributed by atoms with Crippen LogP contribution in [0.2, 0.25) is 5.02 Å². The van der Waals surface area contributed by atoms with Crippen LogP contribution in [0.4, 0.5) is 0 Å². The average molecular weight is 419 g/mol. The van der Waals surface area contributed by atoms with Crippen LogP contribution in [0.3, 0.4) is 0 Å². The number of halogens is 3. The minimum atomic E-state index is 0.0184. The largest absolute Gasteiger partial charge is 0.271 e. The van der Waals surface area contributed by atoms with E-state index in [4.69, 9.17) is 17.4 Å². The van der Waals surface area contributed by atoms with Crippen LogP contribution in [0.1, 0.15) is 22.7 Å². The Morgan fingerprint density at radius 2 is 1.90 bits per heavy atom. The van der Waals surface area contributed by atoms with Crippen molar-refractivity contribution in [3.05, 3.63) is 67.1 Å². The molecule has 0 saturated carbocycles. The van der Waals surface area contributed by atoms with E-state index in [-0.39, 0.29) is 6.04 Å². The number of nitrogens with two attached hydrogens (primary N) is 1. The molecule has 1 atom stereocenters. The molecule has 0 radical (unpaired) electrons. The van der Waals surface area contributed by atoms with Gasteiger partial charge >= 0.3 is 0 Å². The Balaban J connectivity index is 2.28. The predicted octanol–water partition coefficient (Wildman–Crippen LogP) is 4.92. The molecule has 2 aromatic rings. The summed E-state index contributed by atoms with van der Waals surface area (Å²) < 4.78 is 2.02. The highest BCUT2D eigenvalue weighted by Crippen LogP contribution is 2.27. The summed E-state index contributed by atoms with van der Waals surface area (Å²) >= 11 is 13.2. The number of nitrogens with one attached hydrogen (secondary N) is 1. The molecular formula is C15H15Br2ClN2. The molecule has 106 valence electrons. The van der Waals surface area contributed by atoms with Crippen LogP contribution in [-0.4, -0.2) is 0 Å². The molecule has 1 unspecified atom stereocenters. The molecule has 2 aromatic carbocycles. The number of hydrogen-bond acceptors (Lipinski definition) is 2. The van der Waals surface area contributed by atoms with Crippen molar-refractivity contribution in [1.29, 1.82) is 0 Å². The third kappa shape index (κ3) is 4.06. The smallest absolute Gasteiger partial charge is 0.0501 e. The Morgan fingerprint density at radius 3 is 2.50 bits per heavy atom. The molecule has 0 aliphatic carbocycles. The van der Waals surface area contributed by atoms with Crippen LogP contribution in [-0.2, 0) is 6.42 Å². The highest BCUT2D eigenvalue weighted by atomic mass is 79.9. The van der Waals surface area contributed by atoms with Gasteiger partial charge in [0.25, 0.3) is 0 Å². The minimum Gasteiger partial charge on any atom is -0.271 e. The molecular weight excluding hydrogens is 403 g/mol. The maximum Gasteiger partial charge on any atom is 0.0501 e. The first-order valence-electron chi connectivity index (χ1n) is 6.16. The van der Waals surface area contributed by atoms with Crippen molar-refractivity contribution in [2.75, 3.05) is 0 Å². The molecule has 0 amide bonds. The van der Waals surface area contributed by atoms with Crippen molar-refractivity contribution in [3.8, 4) is 0 Å². The number of hydrazine groups is 1. The zero-order valence-electron chi connectivity index (χ0n) is 11.0. The summed E-state index contributed by atoms with van der Waals surface area (Å²) in [7, 11) is 0. The van der Waals surface area contributed by atoms with Gasteiger partial charge in [0.15, 0.2) is 0 Å². The summed E-state index contributed by atoms with van der Waals surface area (Å²) in [5.41, 5.74) is 6.27. The quantitative estimate of drug-likeness (QED) is 0.546. The Kier molecular flexibility index (Phi) is 5.64. The molecule has 0 bridgehead atoms. The summed E-state index contributed by atoms with van der Waals surface area (Å²) in [5.74, 6) is 5.72. The van der Waals surface area contributed by atoms with Crippen molar-refractivity contribution < 1.29 is 0 Å². The van der Waals surface area contributed by atoms with Gasteiger partial charge in [-0.2, -0.15) is 0 Å². The van der Waals surface area contributed by atoms with Crippen LogP contribution in [0.25, 0.3) is 0 Å². The summed E-state index contributed by atoms with van der Waals surface area (Å²) in [6.45, 7) is 2.06. The van der Waals surface area contributed by atoms with Crippen molar-refractivity contribution in [2.24, 2.45) is 5.84 Å². The molecule has 0 aliphatic rings. The van der Waals surface area contributed by atoms with Crippen LogP contribution >= 0.6 is 43.5 Å². The fourth-order valence-corrected chi connectivity index (χ4v) is 3.52. The first kappa shape index (κ1) is 16.0. The topological polar surface area (TPSA) is 38.0 Å². The van der Waals surface area contributed by atoms with Gasteiger partial charge in [-0.15, -0.1) is 0 Å². The van der Waals surface area contributed by atoms with Gasteiger partial charge in [0.05, 0.1) is 6.04 Å². The van der Waals surface area contributed by atoms with E-state index in [1.54, 1.807) is 0 Å². The third-order valence-corrected chi connectivity index (χ3v) is 4.41. The minimum absolute atomic E-state index is 0.0184. The van der Waals surface area contributed by atoms with Crippen molar-refractivity contribution in [2.45, 2.75) is 19.4 Å². The molecule has 3 N–H and O–H groups in total. The van der Waals surface area contributed by atoms with Crippen molar-refractivity contribution in [1.82, 2.24) is 5.43 Å². The first-order chi connectivity index (χ1) is 9.49. The number of aryl methyl sites for hydroxylation is 1. The summed E-state index contributed by atoms with van der Waals surface area (Å²) in [6, 6.07) is 12.2. The lowest BCUT2D eigenvalue weighted by Gasteiger charge is -2.18. The summed E-state index contributed by atoms with van der Waals surface area (Å²) in [6.07, 6.45) is 0.735. The van der Waals surface area contributed by atoms with Crippen LogP contribution in [0.5, 0.6) is 0 Å². The van der Waals surface area contributed by atoms with Crippen molar-refractivity contribution in [3.63, 3.8) is 0 Å². The Labute approximate surface area is 140 Å². The maximum absolute atomic E-state index is 6.27. The fourth-order valence-electron chi connectivity index (χ4n) is 2.15. The molecule has 5 heteroatoms. The molecule has 0 saturated heterocycles. The summed E-state index contributed by atoms with van der Waals surface area (Å²) in [4.78, 5) is 0. The second-order valence-electron chi connectivity index (χ2n) is 4.72. The molecule has 0 heterocycles. The van der Waals surface area contributed by atoms with E-state index in [1.165, 1.54) is 5.56 Å². The van der Waals surface area contributed by atoms with E-state index < -0.39 is 0 Å². The third-order valence-electron chi connectivity index (χ3n) is 3.11. The molecule has 0 aliphatic heterocycles. The van der Waals surface area contributed by atoms with Gasteiger partial charge in [-0.3, -0.25) is 11.3 Å². The maximum atomic E-state index is 6.27. The zero-order valence-corrected chi connectivity index (χ0v) is 14.9. The van der Waals surface area contributed by atoms with E-state index in [9.17, 15) is 0 Å². The van der Waals surface area contributed by atoms with E-state index in [1.807, 2.05) is 18.2 Å². The highest BCUT2D eigenvalue weighted by Gasteiger charge is 2.13. The predicted molar refractivity (Wildman–Crippen MR) is 91.8 cm³/mol. The van der Waals surface area contributed by atoms with Crippen LogP contribution in [0, 0.1) is 6.92 Å². The fraction of sp³-hybridized carbons (Fsp3) is 0.200. The molecule has 0 fully saturated rings. The van der Waals surface area contributed by atoms with Gasteiger partial charge in [0.1, 0.15) is 0 Å². The molecule has 2 nitrogen and oxygen atoms in total. The van der Waals surface area contributed by atoms with Crippen molar-refractivity contribution >= 4 is 43.5 Å². The van der Waals surface area contributed by atoms with Gasteiger partial charge in [0, 0.05) is 14.0 Å². The second-order valence-corrected chi connectivity index (χ2v) is 6.96. The number of hydrogen-bond donors (Lipinski definition) is 2. The van der Waals surface area contributed by atoms with Gasteiger partial charge in [0.2, 0.25) is 0 Å².